The number of benzene rings is 1. The fraction of sp³-hybridized carbons (Fsp3) is 0.394. The zero-order valence-electron chi connectivity index (χ0n) is 26.2. The van der Waals surface area contributed by atoms with Gasteiger partial charge in [0.25, 0.3) is 0 Å². The molecule has 45 heavy (non-hydrogen) atoms. The first-order valence-corrected chi connectivity index (χ1v) is 15.1. The Morgan fingerprint density at radius 2 is 1.82 bits per heavy atom. The number of nitrogens with one attached hydrogen (secondary N) is 2. The molecule has 1 aliphatic rings. The van der Waals surface area contributed by atoms with Crippen molar-refractivity contribution < 1.29 is 9.90 Å². The summed E-state index contributed by atoms with van der Waals surface area (Å²) < 4.78 is 1.75. The van der Waals surface area contributed by atoms with E-state index in [2.05, 4.69) is 31.8 Å². The van der Waals surface area contributed by atoms with E-state index in [0.717, 1.165) is 42.4 Å². The number of pyridine rings is 1. The number of anilines is 3. The van der Waals surface area contributed by atoms with Crippen LogP contribution in [0.15, 0.2) is 67.3 Å². The van der Waals surface area contributed by atoms with Gasteiger partial charge < -0.3 is 20.6 Å². The van der Waals surface area contributed by atoms with E-state index in [1.807, 2.05) is 55.7 Å². The van der Waals surface area contributed by atoms with Gasteiger partial charge >= 0.3 is 6.03 Å². The average Bonchev–Trinajstić information content (AvgIpc) is 3.47. The normalized spacial score (nSPS) is 16.4. The van der Waals surface area contributed by atoms with E-state index in [1.165, 1.54) is 6.20 Å². The van der Waals surface area contributed by atoms with Gasteiger partial charge in [0.15, 0.2) is 5.82 Å². The van der Waals surface area contributed by atoms with Gasteiger partial charge in [0.2, 0.25) is 5.95 Å². The molecule has 0 unspecified atom stereocenters. The SMILES string of the molecule is CN(CC(C)(C)O)c1nc(NC2CCC(N(C(=O)NCc3ccccc3)c3ccc(-c4cnn(C)c4)cn3)CC2)ncc1C#N. The predicted molar refractivity (Wildman–Crippen MR) is 174 cm³/mol. The van der Waals surface area contributed by atoms with E-state index >= 15 is 0 Å². The number of hydrogen-bond donors (Lipinski definition) is 3. The fourth-order valence-electron chi connectivity index (χ4n) is 5.71. The van der Waals surface area contributed by atoms with Crippen LogP contribution in [0.25, 0.3) is 11.1 Å². The summed E-state index contributed by atoms with van der Waals surface area (Å²) >= 11 is 0. The maximum Gasteiger partial charge on any atom is 0.323 e. The highest BCUT2D eigenvalue weighted by Crippen LogP contribution is 2.30. The average molecular weight is 609 g/mol. The van der Waals surface area contributed by atoms with Crippen LogP contribution >= 0.6 is 0 Å². The molecule has 12 nitrogen and oxygen atoms in total. The van der Waals surface area contributed by atoms with Crippen LogP contribution in [-0.4, -0.2) is 67.1 Å². The van der Waals surface area contributed by atoms with Crippen LogP contribution in [0.5, 0.6) is 0 Å². The second-order valence-electron chi connectivity index (χ2n) is 12.2. The van der Waals surface area contributed by atoms with Crippen molar-refractivity contribution in [2.75, 3.05) is 28.7 Å². The Kier molecular flexibility index (Phi) is 9.59. The van der Waals surface area contributed by atoms with Crippen molar-refractivity contribution in [2.45, 2.75) is 63.8 Å². The van der Waals surface area contributed by atoms with Crippen LogP contribution in [0.1, 0.15) is 50.7 Å². The van der Waals surface area contributed by atoms with Crippen LogP contribution in [-0.2, 0) is 13.6 Å². The molecule has 0 bridgehead atoms. The van der Waals surface area contributed by atoms with Gasteiger partial charge in [-0.3, -0.25) is 9.58 Å². The lowest BCUT2D eigenvalue weighted by Gasteiger charge is -2.36. The van der Waals surface area contributed by atoms with Gasteiger partial charge in [-0.05, 0) is 57.2 Å². The minimum atomic E-state index is -0.953. The maximum absolute atomic E-state index is 13.7. The summed E-state index contributed by atoms with van der Waals surface area (Å²) in [5.41, 5.74) is 2.30. The van der Waals surface area contributed by atoms with E-state index in [9.17, 15) is 15.2 Å². The van der Waals surface area contributed by atoms with Crippen molar-refractivity contribution in [3.05, 3.63) is 78.4 Å². The number of nitrogens with zero attached hydrogens (tertiary/aromatic N) is 8. The Balaban J connectivity index is 1.29. The number of rotatable bonds is 10. The van der Waals surface area contributed by atoms with Crippen LogP contribution in [0, 0.1) is 11.3 Å². The van der Waals surface area contributed by atoms with Crippen LogP contribution in [0.2, 0.25) is 0 Å². The molecule has 234 valence electrons. The minimum absolute atomic E-state index is 0.0501. The number of carbonyl (C=O) groups excluding carboxylic acids is 1. The summed E-state index contributed by atoms with van der Waals surface area (Å²) in [6.07, 6.45) is 10.1. The highest BCUT2D eigenvalue weighted by Gasteiger charge is 2.31. The molecule has 0 radical (unpaired) electrons. The maximum atomic E-state index is 13.7. The van der Waals surface area contributed by atoms with Crippen LogP contribution in [0.4, 0.5) is 22.4 Å². The van der Waals surface area contributed by atoms with Crippen LogP contribution < -0.4 is 20.4 Å². The fourth-order valence-corrected chi connectivity index (χ4v) is 5.71. The van der Waals surface area contributed by atoms with E-state index in [-0.39, 0.29) is 18.1 Å². The molecule has 0 atom stereocenters. The molecule has 2 amide bonds. The Bertz CT molecular complexity index is 1620. The Hall–Kier alpha value is -5.02. The highest BCUT2D eigenvalue weighted by molar-refractivity contribution is 5.91. The summed E-state index contributed by atoms with van der Waals surface area (Å²) in [5.74, 6) is 1.49. The summed E-state index contributed by atoms with van der Waals surface area (Å²) in [6, 6.07) is 15.7. The lowest BCUT2D eigenvalue weighted by atomic mass is 9.90. The number of aryl methyl sites for hydroxylation is 1. The van der Waals surface area contributed by atoms with Crippen molar-refractivity contribution in [1.82, 2.24) is 30.0 Å². The predicted octanol–water partition coefficient (Wildman–Crippen LogP) is 4.49. The van der Waals surface area contributed by atoms with Crippen molar-refractivity contribution in [1.29, 1.82) is 5.26 Å². The van der Waals surface area contributed by atoms with Crippen molar-refractivity contribution in [2.24, 2.45) is 7.05 Å². The molecule has 0 aliphatic heterocycles. The Morgan fingerprint density at radius 1 is 1.07 bits per heavy atom. The summed E-state index contributed by atoms with van der Waals surface area (Å²) in [6.45, 7) is 4.15. The lowest BCUT2D eigenvalue weighted by molar-refractivity contribution is 0.0884. The molecule has 3 aromatic heterocycles. The largest absolute Gasteiger partial charge is 0.389 e. The second kappa shape index (κ2) is 13.7. The quantitative estimate of drug-likeness (QED) is 0.237. The van der Waals surface area contributed by atoms with E-state index in [1.54, 1.807) is 47.8 Å². The third-order valence-electron chi connectivity index (χ3n) is 7.81. The van der Waals surface area contributed by atoms with Gasteiger partial charge in [0.05, 0.1) is 18.0 Å². The topological polar surface area (TPSA) is 148 Å². The van der Waals surface area contributed by atoms with Gasteiger partial charge in [-0.1, -0.05) is 30.3 Å². The number of aliphatic hydroxyl groups is 1. The number of aromatic nitrogens is 5. The Labute approximate surface area is 263 Å². The third-order valence-corrected chi connectivity index (χ3v) is 7.81. The Morgan fingerprint density at radius 3 is 2.44 bits per heavy atom. The summed E-state index contributed by atoms with van der Waals surface area (Å²) in [5, 5.41) is 30.6. The molecule has 4 aromatic rings. The molecular weight excluding hydrogens is 568 g/mol. The number of carbonyl (C=O) groups is 1. The number of amides is 2. The number of urea groups is 1. The monoisotopic (exact) mass is 608 g/mol. The summed E-state index contributed by atoms with van der Waals surface area (Å²) in [4.78, 5) is 30.9. The number of hydrogen-bond acceptors (Lipinski definition) is 9. The van der Waals surface area contributed by atoms with E-state index in [4.69, 9.17) is 4.98 Å². The standard InChI is InChI=1S/C33H40N10O2/c1-33(2,45)22-41(3)30-25(16-34)19-36-31(40-30)39-27-11-13-28(14-12-27)43(32(44)37-17-23-8-6-5-7-9-23)29-15-10-24(18-35-29)26-20-38-42(4)21-26/h5-10,15,18-21,27-28,45H,11-14,17,22H2,1-4H3,(H,37,44)(H,36,39,40). The molecule has 0 saturated heterocycles. The minimum Gasteiger partial charge on any atom is -0.389 e. The molecule has 3 N–H and O–H groups in total. The molecule has 1 aliphatic carbocycles. The zero-order chi connectivity index (χ0) is 32.0. The second-order valence-corrected chi connectivity index (χ2v) is 12.2. The van der Waals surface area contributed by atoms with Gasteiger partial charge in [-0.2, -0.15) is 15.3 Å². The molecule has 1 fully saturated rings. The van der Waals surface area contributed by atoms with Crippen molar-refractivity contribution >= 4 is 23.6 Å². The first kappa shape index (κ1) is 31.4. The number of likely N-dealkylation sites (N-methyl/N-ethyl adjacent to an activating group) is 1. The van der Waals surface area contributed by atoms with Gasteiger partial charge in [0.1, 0.15) is 17.5 Å². The third kappa shape index (κ3) is 8.13. The first-order chi connectivity index (χ1) is 21.6. The molecule has 3 heterocycles. The zero-order valence-corrected chi connectivity index (χ0v) is 26.2. The first-order valence-electron chi connectivity index (χ1n) is 15.1. The molecule has 1 aromatic carbocycles. The molecule has 0 spiro atoms. The molecule has 5 rings (SSSR count). The molecule has 12 heteroatoms. The smallest absolute Gasteiger partial charge is 0.323 e. The van der Waals surface area contributed by atoms with Gasteiger partial charge in [-0.15, -0.1) is 0 Å². The lowest BCUT2D eigenvalue weighted by Crippen LogP contribution is -2.49. The van der Waals surface area contributed by atoms with Crippen LogP contribution in [0.3, 0.4) is 0 Å². The molecule has 1 saturated carbocycles. The van der Waals surface area contributed by atoms with Crippen molar-refractivity contribution in [3.63, 3.8) is 0 Å². The van der Waals surface area contributed by atoms with E-state index < -0.39 is 5.60 Å². The number of nitriles is 1. The highest BCUT2D eigenvalue weighted by atomic mass is 16.3. The van der Waals surface area contributed by atoms with Gasteiger partial charge in [-0.25, -0.2) is 14.8 Å². The van der Waals surface area contributed by atoms with Crippen molar-refractivity contribution in [3.8, 4) is 17.2 Å². The molecular formula is C33H40N10O2. The summed E-state index contributed by atoms with van der Waals surface area (Å²) in [7, 11) is 3.67. The van der Waals surface area contributed by atoms with E-state index in [0.29, 0.717) is 36.2 Å². The van der Waals surface area contributed by atoms with Gasteiger partial charge in [0, 0.05) is 62.8 Å².